The minimum atomic E-state index is -0.518. The molecule has 0 radical (unpaired) electrons. The summed E-state index contributed by atoms with van der Waals surface area (Å²) >= 11 is 0. The van der Waals surface area contributed by atoms with Gasteiger partial charge in [0.2, 0.25) is 0 Å². The fraction of sp³-hybridized carbons (Fsp3) is 0.143. The van der Waals surface area contributed by atoms with Gasteiger partial charge in [0, 0.05) is 0 Å². The largest absolute Gasteiger partial charge is 0.465 e. The quantitative estimate of drug-likeness (QED) is 0.458. The molecule has 0 saturated carbocycles. The molecule has 0 aliphatic carbocycles. The maximum absolute atomic E-state index is 10.9. The molecule has 0 aliphatic heterocycles. The van der Waals surface area contributed by atoms with E-state index in [0.29, 0.717) is 5.69 Å². The van der Waals surface area contributed by atoms with Crippen LogP contribution in [0.4, 0.5) is 0 Å². The van der Waals surface area contributed by atoms with Crippen LogP contribution in [0.5, 0.6) is 0 Å². The first-order valence-corrected chi connectivity index (χ1v) is 3.17. The highest BCUT2D eigenvalue weighted by Crippen LogP contribution is 2.07. The Hall–Kier alpha value is -1.78. The Morgan fingerprint density at radius 1 is 1.67 bits per heavy atom. The van der Waals surface area contributed by atoms with Crippen LogP contribution >= 0.6 is 0 Å². The molecule has 12 heavy (non-hydrogen) atoms. The number of ether oxygens (including phenoxy) is 1. The third kappa shape index (κ3) is 1.63. The monoisotopic (exact) mass is 165 g/mol. The Labute approximate surface area is 69.1 Å². The zero-order valence-electron chi connectivity index (χ0n) is 6.52. The lowest BCUT2D eigenvalue weighted by molar-refractivity contribution is -0.133. The zero-order chi connectivity index (χ0) is 8.97. The number of hydrogen-bond acceptors (Lipinski definition) is 5. The van der Waals surface area contributed by atoms with Crippen molar-refractivity contribution >= 4 is 11.5 Å². The number of nitrogens with zero attached hydrogens (tertiary/aromatic N) is 3. The molecule has 1 heterocycles. The standard InChI is InChI=1S/C7H7N3O2/c1-5(7(11)12-2)6-3-4-8-10-9-6/h3-4H,1H2,2H3. The summed E-state index contributed by atoms with van der Waals surface area (Å²) in [6, 6.07) is 1.53. The van der Waals surface area contributed by atoms with Gasteiger partial charge in [-0.2, -0.15) is 0 Å². The molecule has 5 nitrogen and oxygen atoms in total. The van der Waals surface area contributed by atoms with Gasteiger partial charge in [0.25, 0.3) is 0 Å². The molecule has 0 fully saturated rings. The van der Waals surface area contributed by atoms with Crippen molar-refractivity contribution in [1.29, 1.82) is 0 Å². The molecular formula is C7H7N3O2. The van der Waals surface area contributed by atoms with Crippen molar-refractivity contribution in [1.82, 2.24) is 15.4 Å². The van der Waals surface area contributed by atoms with Gasteiger partial charge in [-0.1, -0.05) is 6.58 Å². The normalized spacial score (nSPS) is 9.08. The molecule has 62 valence electrons. The summed E-state index contributed by atoms with van der Waals surface area (Å²) in [6.45, 7) is 3.49. The van der Waals surface area contributed by atoms with E-state index in [1.165, 1.54) is 19.4 Å². The van der Waals surface area contributed by atoms with Crippen LogP contribution < -0.4 is 0 Å². The minimum Gasteiger partial charge on any atom is -0.465 e. The summed E-state index contributed by atoms with van der Waals surface area (Å²) in [7, 11) is 1.28. The Morgan fingerprint density at radius 3 is 2.92 bits per heavy atom. The lowest BCUT2D eigenvalue weighted by atomic mass is 10.2. The van der Waals surface area contributed by atoms with E-state index in [4.69, 9.17) is 0 Å². The highest BCUT2D eigenvalue weighted by molar-refractivity contribution is 6.14. The molecule has 1 rings (SSSR count). The molecule has 0 bridgehead atoms. The van der Waals surface area contributed by atoms with Crippen molar-refractivity contribution in [3.05, 3.63) is 24.5 Å². The van der Waals surface area contributed by atoms with Gasteiger partial charge >= 0.3 is 5.97 Å². The van der Waals surface area contributed by atoms with Crippen molar-refractivity contribution in [3.8, 4) is 0 Å². The molecule has 0 spiro atoms. The van der Waals surface area contributed by atoms with Crippen LogP contribution in [0.1, 0.15) is 5.69 Å². The minimum absolute atomic E-state index is 0.174. The Balaban J connectivity index is 2.86. The topological polar surface area (TPSA) is 65.0 Å². The molecule has 1 aromatic heterocycles. The van der Waals surface area contributed by atoms with Gasteiger partial charge in [0.1, 0.15) is 5.69 Å². The van der Waals surface area contributed by atoms with Crippen molar-refractivity contribution in [2.75, 3.05) is 7.11 Å². The first kappa shape index (κ1) is 8.32. The molecule has 5 heteroatoms. The van der Waals surface area contributed by atoms with E-state index in [9.17, 15) is 4.79 Å². The van der Waals surface area contributed by atoms with Crippen LogP contribution in [-0.4, -0.2) is 28.5 Å². The highest BCUT2D eigenvalue weighted by Gasteiger charge is 2.10. The molecular weight excluding hydrogens is 158 g/mol. The van der Waals surface area contributed by atoms with Crippen molar-refractivity contribution in [3.63, 3.8) is 0 Å². The predicted octanol–water partition coefficient (Wildman–Crippen LogP) is 0.0578. The lowest BCUT2D eigenvalue weighted by Gasteiger charge is -1.99. The van der Waals surface area contributed by atoms with Gasteiger partial charge in [0.05, 0.1) is 18.9 Å². The number of carbonyl (C=O) groups is 1. The number of esters is 1. The summed E-state index contributed by atoms with van der Waals surface area (Å²) < 4.78 is 4.44. The fourth-order valence-electron chi connectivity index (χ4n) is 0.630. The van der Waals surface area contributed by atoms with Crippen LogP contribution in [0.25, 0.3) is 5.57 Å². The maximum Gasteiger partial charge on any atom is 0.339 e. The van der Waals surface area contributed by atoms with Gasteiger partial charge < -0.3 is 4.74 Å². The van der Waals surface area contributed by atoms with E-state index in [-0.39, 0.29) is 5.57 Å². The molecule has 0 unspecified atom stereocenters. The first-order valence-electron chi connectivity index (χ1n) is 3.17. The first-order chi connectivity index (χ1) is 5.75. The van der Waals surface area contributed by atoms with Crippen LogP contribution in [0, 0.1) is 0 Å². The van der Waals surface area contributed by atoms with E-state index in [2.05, 4.69) is 26.7 Å². The van der Waals surface area contributed by atoms with Crippen LogP contribution in [-0.2, 0) is 9.53 Å². The SMILES string of the molecule is C=C(C(=O)OC)c1ccnnn1. The number of aromatic nitrogens is 3. The summed E-state index contributed by atoms with van der Waals surface area (Å²) in [4.78, 5) is 10.9. The van der Waals surface area contributed by atoms with E-state index >= 15 is 0 Å². The average Bonchev–Trinajstić information content (AvgIpc) is 2.17. The molecule has 0 amide bonds. The lowest BCUT2D eigenvalue weighted by Crippen LogP contribution is -2.05. The summed E-state index contributed by atoms with van der Waals surface area (Å²) in [6.07, 6.45) is 1.43. The molecule has 0 aromatic carbocycles. The third-order valence-corrected chi connectivity index (χ3v) is 1.24. The van der Waals surface area contributed by atoms with E-state index in [0.717, 1.165) is 0 Å². The van der Waals surface area contributed by atoms with Gasteiger partial charge in [0.15, 0.2) is 0 Å². The molecule has 0 aliphatic rings. The molecule has 0 saturated heterocycles. The Bertz CT molecular complexity index is 297. The third-order valence-electron chi connectivity index (χ3n) is 1.24. The van der Waals surface area contributed by atoms with E-state index in [1.807, 2.05) is 0 Å². The van der Waals surface area contributed by atoms with Crippen molar-refractivity contribution in [2.45, 2.75) is 0 Å². The molecule has 1 aromatic rings. The summed E-state index contributed by atoms with van der Waals surface area (Å²) in [5.41, 5.74) is 0.546. The predicted molar refractivity (Wildman–Crippen MR) is 40.9 cm³/mol. The van der Waals surface area contributed by atoms with Gasteiger partial charge in [-0.3, -0.25) is 0 Å². The second-order valence-corrected chi connectivity index (χ2v) is 1.98. The number of carbonyl (C=O) groups excluding carboxylic acids is 1. The summed E-state index contributed by atoms with van der Waals surface area (Å²) in [5.74, 6) is -0.518. The average molecular weight is 165 g/mol. The number of rotatable bonds is 2. The van der Waals surface area contributed by atoms with E-state index in [1.54, 1.807) is 0 Å². The van der Waals surface area contributed by atoms with Gasteiger partial charge in [-0.15, -0.1) is 10.2 Å². The summed E-state index contributed by atoms with van der Waals surface area (Å²) in [5, 5.41) is 10.4. The van der Waals surface area contributed by atoms with Crippen molar-refractivity contribution < 1.29 is 9.53 Å². The maximum atomic E-state index is 10.9. The molecule has 0 atom stereocenters. The molecule has 0 N–H and O–H groups in total. The number of methoxy groups -OCH3 is 1. The van der Waals surface area contributed by atoms with E-state index < -0.39 is 5.97 Å². The van der Waals surface area contributed by atoms with Crippen molar-refractivity contribution in [2.24, 2.45) is 0 Å². The Kier molecular flexibility index (Phi) is 2.47. The van der Waals surface area contributed by atoms with Gasteiger partial charge in [-0.25, -0.2) is 4.79 Å². The smallest absolute Gasteiger partial charge is 0.339 e. The second-order valence-electron chi connectivity index (χ2n) is 1.98. The Morgan fingerprint density at radius 2 is 2.42 bits per heavy atom. The zero-order valence-corrected chi connectivity index (χ0v) is 6.52. The second kappa shape index (κ2) is 3.56. The van der Waals surface area contributed by atoms with Crippen LogP contribution in [0.3, 0.4) is 0 Å². The highest BCUT2D eigenvalue weighted by atomic mass is 16.5. The van der Waals surface area contributed by atoms with Crippen LogP contribution in [0.15, 0.2) is 18.8 Å². The fourth-order valence-corrected chi connectivity index (χ4v) is 0.630. The van der Waals surface area contributed by atoms with Gasteiger partial charge in [-0.05, 0) is 11.3 Å². The number of hydrogen-bond donors (Lipinski definition) is 0. The van der Waals surface area contributed by atoms with Crippen LogP contribution in [0.2, 0.25) is 0 Å².